The van der Waals surface area contributed by atoms with Crippen LogP contribution < -0.4 is 0 Å². The van der Waals surface area contributed by atoms with Crippen molar-refractivity contribution < 1.29 is 9.53 Å². The summed E-state index contributed by atoms with van der Waals surface area (Å²) in [7, 11) is 4.19. The SMILES string of the molecule is CCN(C)CCN(C)CCOC(=O)N1CCC(C)CC1. The van der Waals surface area contributed by atoms with Gasteiger partial charge in [-0.15, -0.1) is 0 Å². The molecule has 0 radical (unpaired) electrons. The number of likely N-dealkylation sites (N-methyl/N-ethyl adjacent to an activating group) is 2. The van der Waals surface area contributed by atoms with Gasteiger partial charge in [-0.2, -0.15) is 0 Å². The van der Waals surface area contributed by atoms with Crippen LogP contribution in [-0.4, -0.2) is 80.8 Å². The first-order chi connectivity index (χ1) is 9.52. The lowest BCUT2D eigenvalue weighted by Crippen LogP contribution is -2.39. The Hall–Kier alpha value is -0.810. The number of carbonyl (C=O) groups excluding carboxylic acids is 1. The predicted molar refractivity (Wildman–Crippen MR) is 82.0 cm³/mol. The zero-order valence-electron chi connectivity index (χ0n) is 13.6. The zero-order valence-corrected chi connectivity index (χ0v) is 13.6. The van der Waals surface area contributed by atoms with E-state index in [0.717, 1.165) is 58.0 Å². The Morgan fingerprint density at radius 1 is 1.15 bits per heavy atom. The number of amides is 1. The lowest BCUT2D eigenvalue weighted by atomic mass is 10.00. The molecule has 0 aromatic rings. The molecule has 5 nitrogen and oxygen atoms in total. The molecule has 0 aliphatic carbocycles. The van der Waals surface area contributed by atoms with Crippen molar-refractivity contribution in [3.05, 3.63) is 0 Å². The lowest BCUT2D eigenvalue weighted by molar-refractivity contribution is 0.0812. The molecule has 0 aromatic heterocycles. The maximum atomic E-state index is 11.9. The minimum atomic E-state index is -0.143. The predicted octanol–water partition coefficient (Wildman–Crippen LogP) is 1.74. The Labute approximate surface area is 123 Å². The normalized spacial score (nSPS) is 17.0. The smallest absolute Gasteiger partial charge is 0.409 e. The first kappa shape index (κ1) is 17.2. The van der Waals surface area contributed by atoms with E-state index in [9.17, 15) is 4.79 Å². The van der Waals surface area contributed by atoms with Crippen LogP contribution in [-0.2, 0) is 4.74 Å². The third-order valence-electron chi connectivity index (χ3n) is 4.14. The van der Waals surface area contributed by atoms with Gasteiger partial charge in [-0.3, -0.25) is 0 Å². The monoisotopic (exact) mass is 285 g/mol. The van der Waals surface area contributed by atoms with Crippen LogP contribution in [0.25, 0.3) is 0 Å². The minimum Gasteiger partial charge on any atom is -0.448 e. The van der Waals surface area contributed by atoms with Crippen LogP contribution in [0.3, 0.4) is 0 Å². The van der Waals surface area contributed by atoms with E-state index in [2.05, 4.69) is 37.7 Å². The molecular formula is C15H31N3O2. The van der Waals surface area contributed by atoms with Crippen LogP contribution in [0.2, 0.25) is 0 Å². The van der Waals surface area contributed by atoms with Gasteiger partial charge in [0.25, 0.3) is 0 Å². The number of likely N-dealkylation sites (tertiary alicyclic amines) is 1. The molecule has 0 unspecified atom stereocenters. The van der Waals surface area contributed by atoms with Gasteiger partial charge in [0.05, 0.1) is 0 Å². The third kappa shape index (κ3) is 6.57. The fourth-order valence-electron chi connectivity index (χ4n) is 2.18. The Bertz CT molecular complexity index is 278. The highest BCUT2D eigenvalue weighted by Gasteiger charge is 2.21. The highest BCUT2D eigenvalue weighted by Crippen LogP contribution is 2.16. The van der Waals surface area contributed by atoms with E-state index in [1.165, 1.54) is 0 Å². The Balaban J connectivity index is 2.09. The molecule has 1 rings (SSSR count). The van der Waals surface area contributed by atoms with Gasteiger partial charge in [-0.25, -0.2) is 4.79 Å². The number of nitrogens with zero attached hydrogens (tertiary/aromatic N) is 3. The Kier molecular flexibility index (Phi) is 7.92. The van der Waals surface area contributed by atoms with Crippen LogP contribution >= 0.6 is 0 Å². The van der Waals surface area contributed by atoms with Gasteiger partial charge in [0, 0.05) is 32.7 Å². The van der Waals surface area contributed by atoms with Crippen LogP contribution in [0.5, 0.6) is 0 Å². The van der Waals surface area contributed by atoms with Gasteiger partial charge >= 0.3 is 6.09 Å². The van der Waals surface area contributed by atoms with Gasteiger partial charge in [-0.05, 0) is 39.4 Å². The van der Waals surface area contributed by atoms with Gasteiger partial charge in [0.15, 0.2) is 0 Å². The van der Waals surface area contributed by atoms with E-state index >= 15 is 0 Å². The van der Waals surface area contributed by atoms with Crippen molar-refractivity contribution in [2.24, 2.45) is 5.92 Å². The van der Waals surface area contributed by atoms with E-state index < -0.39 is 0 Å². The second-order valence-electron chi connectivity index (χ2n) is 5.98. The summed E-state index contributed by atoms with van der Waals surface area (Å²) < 4.78 is 5.35. The number of ether oxygens (including phenoxy) is 1. The summed E-state index contributed by atoms with van der Waals surface area (Å²) in [6.45, 7) is 10.5. The van der Waals surface area contributed by atoms with Crippen molar-refractivity contribution in [1.82, 2.24) is 14.7 Å². The summed E-state index contributed by atoms with van der Waals surface area (Å²) >= 11 is 0. The van der Waals surface area contributed by atoms with Gasteiger partial charge in [0.1, 0.15) is 6.61 Å². The molecule has 5 heteroatoms. The van der Waals surface area contributed by atoms with E-state index in [1.54, 1.807) is 0 Å². The lowest BCUT2D eigenvalue weighted by Gasteiger charge is -2.29. The van der Waals surface area contributed by atoms with Gasteiger partial charge < -0.3 is 19.4 Å². The molecule has 1 saturated heterocycles. The first-order valence-electron chi connectivity index (χ1n) is 7.81. The maximum absolute atomic E-state index is 11.9. The first-order valence-corrected chi connectivity index (χ1v) is 7.81. The van der Waals surface area contributed by atoms with Crippen molar-refractivity contribution in [3.63, 3.8) is 0 Å². The van der Waals surface area contributed by atoms with Gasteiger partial charge in [-0.1, -0.05) is 13.8 Å². The van der Waals surface area contributed by atoms with E-state index in [-0.39, 0.29) is 6.09 Å². The average Bonchev–Trinajstić information content (AvgIpc) is 2.45. The second-order valence-corrected chi connectivity index (χ2v) is 5.98. The molecule has 0 saturated carbocycles. The van der Waals surface area contributed by atoms with Crippen LogP contribution in [0, 0.1) is 5.92 Å². The van der Waals surface area contributed by atoms with Crippen LogP contribution in [0.1, 0.15) is 26.7 Å². The largest absolute Gasteiger partial charge is 0.448 e. The van der Waals surface area contributed by atoms with Crippen molar-refractivity contribution in [3.8, 4) is 0 Å². The molecule has 0 aromatic carbocycles. The molecule has 0 atom stereocenters. The highest BCUT2D eigenvalue weighted by atomic mass is 16.6. The molecule has 0 spiro atoms. The fraction of sp³-hybridized carbons (Fsp3) is 0.933. The second kappa shape index (κ2) is 9.19. The molecule has 1 aliphatic rings. The third-order valence-corrected chi connectivity index (χ3v) is 4.14. The van der Waals surface area contributed by atoms with Crippen LogP contribution in [0.15, 0.2) is 0 Å². The Morgan fingerprint density at radius 2 is 1.75 bits per heavy atom. The highest BCUT2D eigenvalue weighted by molar-refractivity contribution is 5.67. The van der Waals surface area contributed by atoms with Crippen LogP contribution in [0.4, 0.5) is 4.79 Å². The summed E-state index contributed by atoms with van der Waals surface area (Å²) in [5, 5.41) is 0. The number of carbonyl (C=O) groups is 1. The van der Waals surface area contributed by atoms with E-state index in [0.29, 0.717) is 6.61 Å². The van der Waals surface area contributed by atoms with Crippen molar-refractivity contribution in [2.45, 2.75) is 26.7 Å². The molecule has 20 heavy (non-hydrogen) atoms. The molecule has 0 N–H and O–H groups in total. The summed E-state index contributed by atoms with van der Waals surface area (Å²) in [5.41, 5.74) is 0. The van der Waals surface area contributed by atoms with Gasteiger partial charge in [0.2, 0.25) is 0 Å². The fourth-order valence-corrected chi connectivity index (χ4v) is 2.18. The zero-order chi connectivity index (χ0) is 15.0. The van der Waals surface area contributed by atoms with E-state index in [4.69, 9.17) is 4.74 Å². The van der Waals surface area contributed by atoms with Crippen molar-refractivity contribution >= 4 is 6.09 Å². The number of piperidine rings is 1. The summed E-state index contributed by atoms with van der Waals surface area (Å²) in [6, 6.07) is 0. The molecular weight excluding hydrogens is 254 g/mol. The molecule has 0 bridgehead atoms. The molecule has 1 fully saturated rings. The average molecular weight is 285 g/mol. The van der Waals surface area contributed by atoms with E-state index in [1.807, 2.05) is 4.90 Å². The molecule has 118 valence electrons. The standard InChI is InChI=1S/C15H31N3O2/c1-5-16(3)10-11-17(4)12-13-20-15(19)18-8-6-14(2)7-9-18/h14H,5-13H2,1-4H3. The topological polar surface area (TPSA) is 36.0 Å². The summed E-state index contributed by atoms with van der Waals surface area (Å²) in [4.78, 5) is 18.2. The Morgan fingerprint density at radius 3 is 2.35 bits per heavy atom. The van der Waals surface area contributed by atoms with Crippen molar-refractivity contribution in [2.75, 3.05) is 60.0 Å². The maximum Gasteiger partial charge on any atom is 0.409 e. The summed E-state index contributed by atoms with van der Waals surface area (Å²) in [6.07, 6.45) is 2.05. The molecule has 1 amide bonds. The van der Waals surface area contributed by atoms with Crippen molar-refractivity contribution in [1.29, 1.82) is 0 Å². The number of hydrogen-bond acceptors (Lipinski definition) is 4. The molecule has 1 aliphatic heterocycles. The number of hydrogen-bond donors (Lipinski definition) is 0. The quantitative estimate of drug-likeness (QED) is 0.714. The number of rotatable bonds is 7. The summed E-state index contributed by atoms with van der Waals surface area (Å²) in [5.74, 6) is 0.737. The minimum absolute atomic E-state index is 0.143. The molecule has 1 heterocycles.